The van der Waals surface area contributed by atoms with Crippen molar-refractivity contribution >= 4 is 0 Å². The summed E-state index contributed by atoms with van der Waals surface area (Å²) in [5, 5.41) is 44.9. The number of allylic oxidation sites excluding steroid dienone is 2. The van der Waals surface area contributed by atoms with Crippen molar-refractivity contribution in [3.63, 3.8) is 0 Å². The van der Waals surface area contributed by atoms with Crippen LogP contribution in [0, 0.1) is 56.2 Å². The second kappa shape index (κ2) is 7.58. The Kier molecular flexibility index (Phi) is 5.67. The molecule has 0 aromatic heterocycles. The molecule has 0 heterocycles. The van der Waals surface area contributed by atoms with Gasteiger partial charge in [-0.1, -0.05) is 67.0 Å². The minimum atomic E-state index is -0.679. The summed E-state index contributed by atoms with van der Waals surface area (Å²) in [7, 11) is 0. The molecule has 4 nitrogen and oxygen atoms in total. The number of hydrogen-bond donors (Lipinski definition) is 4. The van der Waals surface area contributed by atoms with Crippen LogP contribution >= 0.6 is 0 Å². The molecule has 4 fully saturated rings. The van der Waals surface area contributed by atoms with Gasteiger partial charge in [0.15, 0.2) is 0 Å². The number of aliphatic hydroxyl groups is 4. The van der Waals surface area contributed by atoms with Crippen molar-refractivity contribution in [3.8, 4) is 0 Å². The third kappa shape index (κ3) is 2.95. The van der Waals surface area contributed by atoms with E-state index in [9.17, 15) is 20.4 Å². The van der Waals surface area contributed by atoms with Gasteiger partial charge >= 0.3 is 0 Å². The molecule has 5 aliphatic rings. The molecule has 5 rings (SSSR count). The number of fused-ring (bicyclic) bond motifs is 7. The summed E-state index contributed by atoms with van der Waals surface area (Å²) in [6, 6.07) is 0. The van der Waals surface area contributed by atoms with E-state index in [1.54, 1.807) is 0 Å². The highest BCUT2D eigenvalue weighted by atomic mass is 16.3. The van der Waals surface area contributed by atoms with E-state index in [-0.39, 0.29) is 51.6 Å². The monoisotopic (exact) mass is 488 g/mol. The second-order valence-corrected chi connectivity index (χ2v) is 15.6. The van der Waals surface area contributed by atoms with Gasteiger partial charge in [-0.2, -0.15) is 0 Å². The van der Waals surface area contributed by atoms with Crippen LogP contribution in [0.2, 0.25) is 0 Å². The van der Waals surface area contributed by atoms with Gasteiger partial charge in [-0.25, -0.2) is 0 Å². The molecule has 0 bridgehead atoms. The van der Waals surface area contributed by atoms with Gasteiger partial charge in [-0.15, -0.1) is 0 Å². The van der Waals surface area contributed by atoms with E-state index in [1.165, 1.54) is 5.57 Å². The summed E-state index contributed by atoms with van der Waals surface area (Å²) < 4.78 is 0. The van der Waals surface area contributed by atoms with E-state index >= 15 is 0 Å². The van der Waals surface area contributed by atoms with Crippen LogP contribution in [-0.2, 0) is 0 Å². The Bertz CT molecular complexity index is 908. The van der Waals surface area contributed by atoms with Crippen LogP contribution in [0.4, 0.5) is 0 Å². The number of rotatable bonds is 1. The Morgan fingerprint density at radius 2 is 1.51 bits per heavy atom. The van der Waals surface area contributed by atoms with Gasteiger partial charge in [0.2, 0.25) is 0 Å². The van der Waals surface area contributed by atoms with Gasteiger partial charge in [-0.05, 0) is 95.7 Å². The zero-order valence-electron chi connectivity index (χ0n) is 23.6. The van der Waals surface area contributed by atoms with Gasteiger partial charge in [0, 0.05) is 5.41 Å². The zero-order valence-corrected chi connectivity index (χ0v) is 23.6. The fourth-order valence-corrected chi connectivity index (χ4v) is 11.4. The number of hydrogen-bond acceptors (Lipinski definition) is 4. The highest BCUT2D eigenvalue weighted by Gasteiger charge is 2.71. The molecular formula is C31H52O4. The predicted molar refractivity (Wildman–Crippen MR) is 139 cm³/mol. The first kappa shape index (κ1) is 26.2. The third-order valence-electron chi connectivity index (χ3n) is 13.9. The lowest BCUT2D eigenvalue weighted by Crippen LogP contribution is -2.69. The van der Waals surface area contributed by atoms with Crippen molar-refractivity contribution in [1.82, 2.24) is 0 Å². The molecule has 0 radical (unpaired) electrons. The average Bonchev–Trinajstić information content (AvgIpc) is 2.76. The lowest BCUT2D eigenvalue weighted by atomic mass is 9.32. The molecule has 0 amide bonds. The standard InChI is InChI=1S/C31H52O4/c1-18-25(35)26(2,3)15-20-19-9-10-22-28(6)13-12-23(33)27(4,5)21(28)11-14-29(22,7)30(19,8)16-24(34)31(18,20)17-32/h9,18,20-25,32-35H,10-17H2,1-8H3/t18-,20?,21?,22?,23-,24+,25-,28-,29+,30+,31-/m0/s1. The summed E-state index contributed by atoms with van der Waals surface area (Å²) >= 11 is 0. The first-order valence-corrected chi connectivity index (χ1v) is 14.4. The molecule has 4 saturated carbocycles. The van der Waals surface area contributed by atoms with Gasteiger partial charge in [0.1, 0.15) is 0 Å². The fourth-order valence-electron chi connectivity index (χ4n) is 11.4. The summed E-state index contributed by atoms with van der Waals surface area (Å²) in [5.41, 5.74) is 0.550. The summed E-state index contributed by atoms with van der Waals surface area (Å²) in [5.74, 6) is 0.940. The van der Waals surface area contributed by atoms with Crippen LogP contribution < -0.4 is 0 Å². The minimum Gasteiger partial charge on any atom is -0.396 e. The Morgan fingerprint density at radius 3 is 2.14 bits per heavy atom. The molecule has 11 atom stereocenters. The summed E-state index contributed by atoms with van der Waals surface area (Å²) in [6.45, 7) is 18.3. The molecule has 0 aromatic rings. The molecular weight excluding hydrogens is 436 g/mol. The summed E-state index contributed by atoms with van der Waals surface area (Å²) in [6.07, 6.45) is 7.84. The largest absolute Gasteiger partial charge is 0.396 e. The zero-order chi connectivity index (χ0) is 26.0. The molecule has 3 unspecified atom stereocenters. The van der Waals surface area contributed by atoms with E-state index in [0.29, 0.717) is 18.3 Å². The van der Waals surface area contributed by atoms with Crippen molar-refractivity contribution in [2.45, 2.75) is 119 Å². The molecule has 0 aliphatic heterocycles. The van der Waals surface area contributed by atoms with Crippen LogP contribution in [0.15, 0.2) is 11.6 Å². The minimum absolute atomic E-state index is 0.0622. The predicted octanol–water partition coefficient (Wildman–Crippen LogP) is 5.33. The smallest absolute Gasteiger partial charge is 0.0636 e. The molecule has 0 saturated heterocycles. The Morgan fingerprint density at radius 1 is 0.857 bits per heavy atom. The maximum atomic E-state index is 11.9. The molecule has 5 aliphatic carbocycles. The highest BCUT2D eigenvalue weighted by Crippen LogP contribution is 2.76. The van der Waals surface area contributed by atoms with Crippen LogP contribution in [-0.4, -0.2) is 45.3 Å². The van der Waals surface area contributed by atoms with Crippen molar-refractivity contribution < 1.29 is 20.4 Å². The highest BCUT2D eigenvalue weighted by molar-refractivity contribution is 5.36. The van der Waals surface area contributed by atoms with Crippen molar-refractivity contribution in [3.05, 3.63) is 11.6 Å². The maximum absolute atomic E-state index is 11.9. The SMILES string of the molecule is C[C@H]1[C@H](O)C(C)(C)CC2C3=CCC4[C@@]5(C)CC[C@H](O)C(C)(C)C5CC[C@@]4(C)[C@]3(C)C[C@@H](O)[C@]21CO. The maximum Gasteiger partial charge on any atom is 0.0636 e. The molecule has 4 N–H and O–H groups in total. The summed E-state index contributed by atoms with van der Waals surface area (Å²) in [4.78, 5) is 0. The van der Waals surface area contributed by atoms with E-state index in [0.717, 1.165) is 38.5 Å². The molecule has 0 spiro atoms. The third-order valence-corrected chi connectivity index (χ3v) is 13.9. The second-order valence-electron chi connectivity index (χ2n) is 15.6. The van der Waals surface area contributed by atoms with E-state index in [2.05, 4.69) is 61.5 Å². The molecule has 35 heavy (non-hydrogen) atoms. The molecule has 0 aromatic carbocycles. The normalized spacial score (nSPS) is 56.7. The first-order chi connectivity index (χ1) is 16.0. The topological polar surface area (TPSA) is 80.9 Å². The quantitative estimate of drug-likeness (QED) is 0.376. The van der Waals surface area contributed by atoms with E-state index in [1.807, 2.05) is 0 Å². The van der Waals surface area contributed by atoms with Crippen molar-refractivity contribution in [1.29, 1.82) is 0 Å². The Balaban J connectivity index is 1.63. The van der Waals surface area contributed by atoms with Gasteiger partial charge in [0.25, 0.3) is 0 Å². The van der Waals surface area contributed by atoms with Gasteiger partial charge < -0.3 is 20.4 Å². The molecule has 200 valence electrons. The van der Waals surface area contributed by atoms with Crippen LogP contribution in [0.1, 0.15) is 100 Å². The lowest BCUT2D eigenvalue weighted by Gasteiger charge is -2.72. The molecule has 4 heteroatoms. The van der Waals surface area contributed by atoms with Gasteiger partial charge in [0.05, 0.1) is 24.9 Å². The fraction of sp³-hybridized carbons (Fsp3) is 0.935. The average molecular weight is 489 g/mol. The van der Waals surface area contributed by atoms with Crippen molar-refractivity contribution in [2.75, 3.05) is 6.61 Å². The van der Waals surface area contributed by atoms with Gasteiger partial charge in [-0.3, -0.25) is 0 Å². The Labute approximate surface area is 213 Å². The van der Waals surface area contributed by atoms with Crippen LogP contribution in [0.25, 0.3) is 0 Å². The Hall–Kier alpha value is -0.420. The van der Waals surface area contributed by atoms with Crippen LogP contribution in [0.5, 0.6) is 0 Å². The van der Waals surface area contributed by atoms with E-state index < -0.39 is 17.6 Å². The lowest BCUT2D eigenvalue weighted by molar-refractivity contribution is -0.239. The van der Waals surface area contributed by atoms with E-state index in [4.69, 9.17) is 0 Å². The van der Waals surface area contributed by atoms with Crippen LogP contribution in [0.3, 0.4) is 0 Å². The number of aliphatic hydroxyl groups excluding tert-OH is 4. The van der Waals surface area contributed by atoms with Crippen molar-refractivity contribution in [2.24, 2.45) is 56.2 Å². The first-order valence-electron chi connectivity index (χ1n) is 14.4.